The third-order valence-corrected chi connectivity index (χ3v) is 5.71. The van der Waals surface area contributed by atoms with Crippen molar-refractivity contribution in [1.82, 2.24) is 10.6 Å². The van der Waals surface area contributed by atoms with Crippen LogP contribution in [0.15, 0.2) is 48.5 Å². The Balaban J connectivity index is 1.83. The Bertz CT molecular complexity index is 1080. The molecule has 3 amide bonds. The number of hydrogen-bond acceptors (Lipinski definition) is 4. The Kier molecular flexibility index (Phi) is 8.14. The van der Waals surface area contributed by atoms with E-state index in [1.54, 1.807) is 43.9 Å². The minimum Gasteiger partial charge on any atom is -0.444 e. The molecule has 2 aromatic carbocycles. The van der Waals surface area contributed by atoms with Gasteiger partial charge < -0.3 is 20.3 Å². The predicted molar refractivity (Wildman–Crippen MR) is 133 cm³/mol. The molecule has 3 rings (SSSR count). The fourth-order valence-corrected chi connectivity index (χ4v) is 4.15. The maximum Gasteiger partial charge on any atom is 0.408 e. The average Bonchev–Trinajstić information content (AvgIpc) is 2.90. The summed E-state index contributed by atoms with van der Waals surface area (Å²) in [7, 11) is 0. The molecule has 2 atom stereocenters. The second-order valence-corrected chi connectivity index (χ2v) is 10.0. The van der Waals surface area contributed by atoms with Gasteiger partial charge in [0.15, 0.2) is 0 Å². The van der Waals surface area contributed by atoms with Gasteiger partial charge in [0.25, 0.3) is 0 Å². The number of para-hydroxylation sites is 1. The first kappa shape index (κ1) is 26.2. The summed E-state index contributed by atoms with van der Waals surface area (Å²) in [4.78, 5) is 41.0. The van der Waals surface area contributed by atoms with Crippen LogP contribution in [0.2, 0.25) is 0 Å². The normalized spacial score (nSPS) is 16.8. The number of ether oxygens (including phenoxy) is 1. The topological polar surface area (TPSA) is 87.7 Å². The number of alkyl carbamates (subject to hydrolysis) is 1. The molecule has 7 nitrogen and oxygen atoms in total. The number of anilines is 1. The van der Waals surface area contributed by atoms with E-state index >= 15 is 0 Å². The first-order valence-electron chi connectivity index (χ1n) is 11.9. The standard InChI is InChI=1S/C27H34FN3O4/c1-17(2)31-23-13-9-7-10-18(23)14-15-21(25(31)33)29-24(32)22(30-26(34)35-27(3,4)5)16-19-11-6-8-12-20(19)28/h6-13,17,21-22H,14-16H2,1-5H3,(H,29,32)(H,30,34). The van der Waals surface area contributed by atoms with Gasteiger partial charge in [0.05, 0.1) is 0 Å². The van der Waals surface area contributed by atoms with Gasteiger partial charge in [0.1, 0.15) is 23.5 Å². The number of halogens is 1. The van der Waals surface area contributed by atoms with Crippen molar-refractivity contribution in [1.29, 1.82) is 0 Å². The molecule has 2 N–H and O–H groups in total. The summed E-state index contributed by atoms with van der Waals surface area (Å²) in [6.07, 6.45) is 0.127. The molecular formula is C27H34FN3O4. The zero-order valence-electron chi connectivity index (χ0n) is 20.9. The minimum absolute atomic E-state index is 0.0905. The lowest BCUT2D eigenvalue weighted by molar-refractivity contribution is -0.129. The molecule has 8 heteroatoms. The van der Waals surface area contributed by atoms with Gasteiger partial charge in [-0.25, -0.2) is 9.18 Å². The second-order valence-electron chi connectivity index (χ2n) is 10.0. The van der Waals surface area contributed by atoms with E-state index < -0.39 is 35.5 Å². The van der Waals surface area contributed by atoms with E-state index in [4.69, 9.17) is 4.74 Å². The zero-order valence-corrected chi connectivity index (χ0v) is 20.9. The fourth-order valence-electron chi connectivity index (χ4n) is 4.15. The summed E-state index contributed by atoms with van der Waals surface area (Å²) in [5, 5.41) is 5.37. The van der Waals surface area contributed by atoms with Gasteiger partial charge in [0, 0.05) is 18.2 Å². The molecule has 1 heterocycles. The SMILES string of the molecule is CC(C)N1C(=O)C(NC(=O)C(Cc2ccccc2F)NC(=O)OC(C)(C)C)CCc2ccccc21. The van der Waals surface area contributed by atoms with Crippen LogP contribution in [0.5, 0.6) is 0 Å². The summed E-state index contributed by atoms with van der Waals surface area (Å²) in [6.45, 7) is 8.97. The molecule has 0 spiro atoms. The largest absolute Gasteiger partial charge is 0.444 e. The number of carbonyl (C=O) groups excluding carboxylic acids is 3. The zero-order chi connectivity index (χ0) is 25.8. The number of rotatable bonds is 6. The molecule has 0 saturated heterocycles. The Morgan fingerprint density at radius 2 is 1.77 bits per heavy atom. The van der Waals surface area contributed by atoms with Gasteiger partial charge in [-0.15, -0.1) is 0 Å². The molecule has 1 aliphatic rings. The lowest BCUT2D eigenvalue weighted by atomic mass is 10.0. The van der Waals surface area contributed by atoms with Gasteiger partial charge in [-0.3, -0.25) is 9.59 Å². The quantitative estimate of drug-likeness (QED) is 0.647. The van der Waals surface area contributed by atoms with Crippen molar-refractivity contribution < 1.29 is 23.5 Å². The van der Waals surface area contributed by atoms with Gasteiger partial charge in [-0.2, -0.15) is 0 Å². The van der Waals surface area contributed by atoms with Crippen molar-refractivity contribution in [2.24, 2.45) is 0 Å². The predicted octanol–water partition coefficient (Wildman–Crippen LogP) is 4.13. The first-order valence-corrected chi connectivity index (χ1v) is 11.9. The van der Waals surface area contributed by atoms with Crippen molar-refractivity contribution in [2.45, 2.75) is 77.6 Å². The molecule has 0 aromatic heterocycles. The molecule has 35 heavy (non-hydrogen) atoms. The van der Waals surface area contributed by atoms with Crippen LogP contribution < -0.4 is 15.5 Å². The maximum absolute atomic E-state index is 14.4. The van der Waals surface area contributed by atoms with E-state index in [0.717, 1.165) is 11.3 Å². The number of carbonyl (C=O) groups is 3. The summed E-state index contributed by atoms with van der Waals surface area (Å²) in [5.74, 6) is -1.28. The molecule has 0 fully saturated rings. The molecular weight excluding hydrogens is 449 g/mol. The van der Waals surface area contributed by atoms with Crippen LogP contribution in [-0.4, -0.2) is 41.6 Å². The Morgan fingerprint density at radius 3 is 2.43 bits per heavy atom. The van der Waals surface area contributed by atoms with E-state index in [-0.39, 0.29) is 23.9 Å². The van der Waals surface area contributed by atoms with Crippen LogP contribution in [0.1, 0.15) is 52.2 Å². The first-order chi connectivity index (χ1) is 16.5. The highest BCUT2D eigenvalue weighted by atomic mass is 19.1. The van der Waals surface area contributed by atoms with Crippen molar-refractivity contribution in [3.05, 3.63) is 65.5 Å². The number of fused-ring (bicyclic) bond motifs is 1. The Labute approximate surface area is 206 Å². The number of hydrogen-bond donors (Lipinski definition) is 2. The van der Waals surface area contributed by atoms with Crippen molar-refractivity contribution in [3.63, 3.8) is 0 Å². The lowest BCUT2D eigenvalue weighted by Gasteiger charge is -2.30. The Morgan fingerprint density at radius 1 is 1.11 bits per heavy atom. The average molecular weight is 484 g/mol. The van der Waals surface area contributed by atoms with Crippen LogP contribution >= 0.6 is 0 Å². The molecule has 0 radical (unpaired) electrons. The highest BCUT2D eigenvalue weighted by molar-refractivity contribution is 6.01. The second kappa shape index (κ2) is 10.9. The van der Waals surface area contributed by atoms with Crippen molar-refractivity contribution in [2.75, 3.05) is 4.90 Å². The van der Waals surface area contributed by atoms with Gasteiger partial charge >= 0.3 is 6.09 Å². The fraction of sp³-hybridized carbons (Fsp3) is 0.444. The van der Waals surface area contributed by atoms with E-state index in [9.17, 15) is 18.8 Å². The maximum atomic E-state index is 14.4. The number of nitrogens with one attached hydrogen (secondary N) is 2. The molecule has 2 unspecified atom stereocenters. The third-order valence-electron chi connectivity index (χ3n) is 5.71. The number of benzene rings is 2. The van der Waals surface area contributed by atoms with Crippen molar-refractivity contribution >= 4 is 23.6 Å². The van der Waals surface area contributed by atoms with Crippen LogP contribution in [0.4, 0.5) is 14.9 Å². The Hall–Kier alpha value is -3.42. The third kappa shape index (κ3) is 6.81. The summed E-state index contributed by atoms with van der Waals surface area (Å²) in [6, 6.07) is 11.7. The number of aryl methyl sites for hydroxylation is 1. The molecule has 0 saturated carbocycles. The highest BCUT2D eigenvalue weighted by Gasteiger charge is 2.35. The summed E-state index contributed by atoms with van der Waals surface area (Å²) < 4.78 is 19.7. The van der Waals surface area contributed by atoms with Crippen LogP contribution in [0.25, 0.3) is 0 Å². The highest BCUT2D eigenvalue weighted by Crippen LogP contribution is 2.28. The van der Waals surface area contributed by atoms with Gasteiger partial charge in [-0.1, -0.05) is 36.4 Å². The van der Waals surface area contributed by atoms with E-state index in [2.05, 4.69) is 10.6 Å². The molecule has 188 valence electrons. The molecule has 1 aliphatic heterocycles. The minimum atomic E-state index is -1.13. The van der Waals surface area contributed by atoms with Crippen molar-refractivity contribution in [3.8, 4) is 0 Å². The summed E-state index contributed by atoms with van der Waals surface area (Å²) in [5.41, 5.74) is 1.36. The van der Waals surface area contributed by atoms with E-state index in [1.165, 1.54) is 6.07 Å². The van der Waals surface area contributed by atoms with Crippen LogP contribution in [0.3, 0.4) is 0 Å². The smallest absolute Gasteiger partial charge is 0.408 e. The van der Waals surface area contributed by atoms with Gasteiger partial charge in [-0.05, 0) is 70.7 Å². The van der Waals surface area contributed by atoms with E-state index in [1.807, 2.05) is 38.1 Å². The number of amides is 3. The van der Waals surface area contributed by atoms with Crippen LogP contribution in [0, 0.1) is 5.82 Å². The lowest BCUT2D eigenvalue weighted by Crippen LogP contribution is -2.56. The molecule has 0 aliphatic carbocycles. The summed E-state index contributed by atoms with van der Waals surface area (Å²) >= 11 is 0. The monoisotopic (exact) mass is 483 g/mol. The number of nitrogens with zero attached hydrogens (tertiary/aromatic N) is 1. The van der Waals surface area contributed by atoms with Crippen LogP contribution in [-0.2, 0) is 27.2 Å². The molecule has 0 bridgehead atoms. The van der Waals surface area contributed by atoms with Gasteiger partial charge in [0.2, 0.25) is 11.8 Å². The van der Waals surface area contributed by atoms with E-state index in [0.29, 0.717) is 12.8 Å². The molecule has 2 aromatic rings.